The van der Waals surface area contributed by atoms with Crippen LogP contribution in [0.1, 0.15) is 97.9 Å². The topological polar surface area (TPSA) is 83.8 Å². The lowest BCUT2D eigenvalue weighted by Crippen LogP contribution is -2.20. The zero-order valence-electron chi connectivity index (χ0n) is 19.8. The average Bonchev–Trinajstić information content (AvgIpc) is 2.68. The van der Waals surface area contributed by atoms with E-state index in [1.54, 1.807) is 25.1 Å². The number of hydrogen-bond acceptors (Lipinski definition) is 4. The second-order valence-electron chi connectivity index (χ2n) is 9.74. The first-order valence-corrected chi connectivity index (χ1v) is 10.7. The Bertz CT molecular complexity index is 1010. The summed E-state index contributed by atoms with van der Waals surface area (Å²) in [6, 6.07) is 6.46. The van der Waals surface area contributed by atoms with Crippen LogP contribution in [0.4, 0.5) is 0 Å². The highest BCUT2D eigenvalue weighted by atomic mass is 16.5. The van der Waals surface area contributed by atoms with Gasteiger partial charge in [-0.3, -0.25) is 0 Å². The van der Waals surface area contributed by atoms with E-state index in [1.807, 2.05) is 48.5 Å². The number of carbonyl (C=O) groups excluding carboxylic acids is 1. The predicted octanol–water partition coefficient (Wildman–Crippen LogP) is 6.17. The van der Waals surface area contributed by atoms with Gasteiger partial charge in [-0.1, -0.05) is 48.5 Å². The second kappa shape index (κ2) is 8.74. The highest BCUT2D eigenvalue weighted by Gasteiger charge is 2.28. The van der Waals surface area contributed by atoms with E-state index in [0.29, 0.717) is 34.4 Å². The van der Waals surface area contributed by atoms with Crippen molar-refractivity contribution < 1.29 is 24.5 Å². The first-order chi connectivity index (χ1) is 14.2. The minimum absolute atomic E-state index is 0.159. The molecule has 0 aliphatic rings. The number of aromatic hydroxyl groups is 1. The van der Waals surface area contributed by atoms with Crippen LogP contribution < -0.4 is 4.74 Å². The van der Waals surface area contributed by atoms with Crippen molar-refractivity contribution in [2.24, 2.45) is 0 Å². The number of carboxylic acids is 1. The van der Waals surface area contributed by atoms with Gasteiger partial charge in [0, 0.05) is 11.1 Å². The number of aromatic carboxylic acids is 1. The summed E-state index contributed by atoms with van der Waals surface area (Å²) in [5.74, 6) is -0.947. The van der Waals surface area contributed by atoms with Gasteiger partial charge < -0.3 is 14.9 Å². The van der Waals surface area contributed by atoms with Crippen LogP contribution in [-0.2, 0) is 17.3 Å². The van der Waals surface area contributed by atoms with Crippen LogP contribution in [0.3, 0.4) is 0 Å². The Labute approximate surface area is 185 Å². The molecule has 0 unspecified atom stereocenters. The van der Waals surface area contributed by atoms with Crippen molar-refractivity contribution in [1.82, 2.24) is 0 Å². The fraction of sp³-hybridized carbons (Fsp3) is 0.462. The van der Waals surface area contributed by atoms with Gasteiger partial charge in [0.2, 0.25) is 0 Å². The largest absolute Gasteiger partial charge is 0.507 e. The molecule has 5 heteroatoms. The van der Waals surface area contributed by atoms with E-state index in [1.165, 1.54) is 6.07 Å². The van der Waals surface area contributed by atoms with Gasteiger partial charge in [0.25, 0.3) is 0 Å². The minimum atomic E-state index is -1.02. The van der Waals surface area contributed by atoms with Crippen molar-refractivity contribution in [2.45, 2.75) is 79.1 Å². The van der Waals surface area contributed by atoms with E-state index in [0.717, 1.165) is 12.0 Å². The minimum Gasteiger partial charge on any atom is -0.507 e. The zero-order valence-corrected chi connectivity index (χ0v) is 19.8. The van der Waals surface area contributed by atoms with Gasteiger partial charge >= 0.3 is 11.9 Å². The Morgan fingerprint density at radius 3 is 2.00 bits per heavy atom. The van der Waals surface area contributed by atoms with Crippen LogP contribution in [0.2, 0.25) is 0 Å². The van der Waals surface area contributed by atoms with Gasteiger partial charge in [0.1, 0.15) is 11.5 Å². The van der Waals surface area contributed by atoms with Crippen LogP contribution in [0.5, 0.6) is 11.5 Å². The fourth-order valence-corrected chi connectivity index (χ4v) is 3.53. The molecule has 2 rings (SSSR count). The molecular weight excluding hydrogens is 392 g/mol. The van der Waals surface area contributed by atoms with Crippen LogP contribution >= 0.6 is 0 Å². The summed E-state index contributed by atoms with van der Waals surface area (Å²) < 4.78 is 5.85. The van der Waals surface area contributed by atoms with Gasteiger partial charge in [-0.05, 0) is 66.0 Å². The summed E-state index contributed by atoms with van der Waals surface area (Å²) >= 11 is 0. The third-order valence-corrected chi connectivity index (χ3v) is 5.94. The Kier molecular flexibility index (Phi) is 6.89. The van der Waals surface area contributed by atoms with Crippen molar-refractivity contribution in [2.75, 3.05) is 0 Å². The Balaban J connectivity index is 2.60. The van der Waals surface area contributed by atoms with E-state index in [9.17, 15) is 19.8 Å². The predicted molar refractivity (Wildman–Crippen MR) is 123 cm³/mol. The Morgan fingerprint density at radius 1 is 0.935 bits per heavy atom. The monoisotopic (exact) mass is 426 g/mol. The number of carbonyl (C=O) groups is 2. The molecule has 0 fully saturated rings. The van der Waals surface area contributed by atoms with Crippen molar-refractivity contribution in [3.8, 4) is 11.5 Å². The average molecular weight is 427 g/mol. The molecule has 2 aromatic rings. The zero-order chi connectivity index (χ0) is 23.7. The molecule has 0 atom stereocenters. The molecule has 0 saturated heterocycles. The molecule has 0 spiro atoms. The van der Waals surface area contributed by atoms with Gasteiger partial charge in [-0.25, -0.2) is 9.59 Å². The van der Waals surface area contributed by atoms with Crippen LogP contribution in [0.15, 0.2) is 24.3 Å². The summed E-state index contributed by atoms with van der Waals surface area (Å²) in [6.07, 6.45) is 1.38. The number of esters is 1. The Hall–Kier alpha value is -2.82. The van der Waals surface area contributed by atoms with Crippen molar-refractivity contribution in [3.63, 3.8) is 0 Å². The van der Waals surface area contributed by atoms with Crippen molar-refractivity contribution in [1.29, 1.82) is 0 Å². The molecule has 5 nitrogen and oxygen atoms in total. The molecule has 168 valence electrons. The molecule has 2 N–H and O–H groups in total. The standard InChI is InChI=1S/C26H34O5/c1-9-16-12-18(14-19(21(16)27)26(7,8)10-2)24(30)31-22-15(3)11-17(23(28)29)13-20(22)25(4,5)6/h11-14,27H,9-10H2,1-8H3,(H,28,29). The van der Waals surface area contributed by atoms with E-state index in [4.69, 9.17) is 4.74 Å². The number of hydrogen-bond donors (Lipinski definition) is 2. The molecule has 0 aromatic heterocycles. The highest BCUT2D eigenvalue weighted by molar-refractivity contribution is 5.93. The summed E-state index contributed by atoms with van der Waals surface area (Å²) in [6.45, 7) is 15.6. The van der Waals surface area contributed by atoms with Crippen LogP contribution in [0.25, 0.3) is 0 Å². The maximum absolute atomic E-state index is 13.2. The molecule has 0 aliphatic carbocycles. The molecular formula is C26H34O5. The first-order valence-electron chi connectivity index (χ1n) is 10.7. The van der Waals surface area contributed by atoms with Gasteiger partial charge in [-0.2, -0.15) is 0 Å². The third kappa shape index (κ3) is 5.09. The molecule has 2 aromatic carbocycles. The summed E-state index contributed by atoms with van der Waals surface area (Å²) in [5.41, 5.74) is 2.45. The van der Waals surface area contributed by atoms with Gasteiger partial charge in [0.05, 0.1) is 11.1 Å². The van der Waals surface area contributed by atoms with Crippen LogP contribution in [-0.4, -0.2) is 22.2 Å². The highest BCUT2D eigenvalue weighted by Crippen LogP contribution is 2.39. The lowest BCUT2D eigenvalue weighted by atomic mass is 9.80. The normalized spacial score (nSPS) is 12.0. The van der Waals surface area contributed by atoms with Gasteiger partial charge in [0.15, 0.2) is 0 Å². The molecule has 31 heavy (non-hydrogen) atoms. The van der Waals surface area contributed by atoms with E-state index >= 15 is 0 Å². The number of aryl methyl sites for hydroxylation is 2. The van der Waals surface area contributed by atoms with E-state index in [-0.39, 0.29) is 16.7 Å². The molecule has 0 heterocycles. The lowest BCUT2D eigenvalue weighted by Gasteiger charge is -2.27. The maximum Gasteiger partial charge on any atom is 0.343 e. The molecule has 0 aliphatic heterocycles. The molecule has 0 saturated carbocycles. The number of benzene rings is 2. The lowest BCUT2D eigenvalue weighted by molar-refractivity contribution is 0.0696. The molecule has 0 bridgehead atoms. The SMILES string of the molecule is CCc1cc(C(=O)Oc2c(C)cc(C(=O)O)cc2C(C)(C)C)cc(C(C)(C)CC)c1O. The summed E-state index contributed by atoms with van der Waals surface area (Å²) in [7, 11) is 0. The number of phenols is 1. The quantitative estimate of drug-likeness (QED) is 0.426. The molecule has 0 amide bonds. The maximum atomic E-state index is 13.2. The van der Waals surface area contributed by atoms with Gasteiger partial charge in [-0.15, -0.1) is 0 Å². The number of carboxylic acid groups (broad SMARTS) is 1. The number of ether oxygens (including phenoxy) is 1. The first kappa shape index (κ1) is 24.4. The number of phenolic OH excluding ortho intramolecular Hbond substituents is 1. The second-order valence-corrected chi connectivity index (χ2v) is 9.74. The summed E-state index contributed by atoms with van der Waals surface area (Å²) in [5, 5.41) is 20.2. The summed E-state index contributed by atoms with van der Waals surface area (Å²) in [4.78, 5) is 24.7. The fourth-order valence-electron chi connectivity index (χ4n) is 3.53. The third-order valence-electron chi connectivity index (χ3n) is 5.94. The van der Waals surface area contributed by atoms with E-state index < -0.39 is 17.4 Å². The van der Waals surface area contributed by atoms with E-state index in [2.05, 4.69) is 0 Å². The Morgan fingerprint density at radius 2 is 1.52 bits per heavy atom. The van der Waals surface area contributed by atoms with Crippen molar-refractivity contribution >= 4 is 11.9 Å². The number of rotatable bonds is 6. The van der Waals surface area contributed by atoms with Crippen molar-refractivity contribution in [3.05, 3.63) is 57.6 Å². The van der Waals surface area contributed by atoms with Crippen LogP contribution in [0, 0.1) is 6.92 Å². The molecule has 0 radical (unpaired) electrons. The smallest absolute Gasteiger partial charge is 0.343 e.